The summed E-state index contributed by atoms with van der Waals surface area (Å²) >= 11 is 1.57. The number of nitrogens with zero attached hydrogens (tertiary/aromatic N) is 1. The first-order valence-electron chi connectivity index (χ1n) is 8.50. The summed E-state index contributed by atoms with van der Waals surface area (Å²) in [6.45, 7) is 3.98. The highest BCUT2D eigenvalue weighted by Gasteiger charge is 2.26. The summed E-state index contributed by atoms with van der Waals surface area (Å²) in [5.74, 6) is -0.0945. The van der Waals surface area contributed by atoms with Gasteiger partial charge in [0, 0.05) is 23.6 Å². The molecule has 138 valence electrons. The molecule has 0 aliphatic carbocycles. The maximum absolute atomic E-state index is 13.1. The van der Waals surface area contributed by atoms with E-state index in [2.05, 4.69) is 5.32 Å². The highest BCUT2D eigenvalue weighted by Crippen LogP contribution is 2.37. The van der Waals surface area contributed by atoms with Gasteiger partial charge in [-0.1, -0.05) is 32.0 Å². The second-order valence-corrected chi connectivity index (χ2v) is 9.74. The zero-order valence-corrected chi connectivity index (χ0v) is 16.7. The summed E-state index contributed by atoms with van der Waals surface area (Å²) in [5, 5.41) is 2.97. The number of carbonyl (C=O) groups excluding carboxylic acids is 1. The normalized spacial score (nSPS) is 17.2. The van der Waals surface area contributed by atoms with Crippen molar-refractivity contribution in [1.82, 2.24) is 0 Å². The number of hydrogen-bond acceptors (Lipinski definition) is 4. The molecule has 7 heteroatoms. The number of rotatable bonds is 4. The Hall–Kier alpha value is -1.99. The summed E-state index contributed by atoms with van der Waals surface area (Å²) in [6.07, 6.45) is 1.15. The molecular formula is C19H22N2O3S2. The predicted octanol–water partition coefficient (Wildman–Crippen LogP) is 3.90. The highest BCUT2D eigenvalue weighted by atomic mass is 32.2. The zero-order valence-electron chi connectivity index (χ0n) is 15.0. The third kappa shape index (κ3) is 3.59. The number of amides is 1. The molecule has 0 unspecified atom stereocenters. The van der Waals surface area contributed by atoms with Crippen molar-refractivity contribution in [3.63, 3.8) is 0 Å². The molecule has 0 bridgehead atoms. The van der Waals surface area contributed by atoms with Gasteiger partial charge in [0.2, 0.25) is 5.91 Å². The van der Waals surface area contributed by atoms with E-state index >= 15 is 0 Å². The first kappa shape index (κ1) is 18.8. The summed E-state index contributed by atoms with van der Waals surface area (Å²) in [5.41, 5.74) is 2.19. The van der Waals surface area contributed by atoms with E-state index in [-0.39, 0.29) is 16.1 Å². The minimum Gasteiger partial charge on any atom is -0.325 e. The van der Waals surface area contributed by atoms with Gasteiger partial charge in [0.15, 0.2) is 0 Å². The van der Waals surface area contributed by atoms with Crippen LogP contribution >= 0.6 is 11.8 Å². The quantitative estimate of drug-likeness (QED) is 0.860. The van der Waals surface area contributed by atoms with Gasteiger partial charge in [-0.3, -0.25) is 9.10 Å². The van der Waals surface area contributed by atoms with Crippen LogP contribution in [0.2, 0.25) is 0 Å². The number of carbonyl (C=O) groups is 1. The van der Waals surface area contributed by atoms with E-state index in [1.807, 2.05) is 32.0 Å². The number of sulfonamides is 1. The number of benzene rings is 2. The van der Waals surface area contributed by atoms with Crippen LogP contribution in [0.25, 0.3) is 0 Å². The largest absolute Gasteiger partial charge is 0.325 e. The molecule has 1 aliphatic heterocycles. The summed E-state index contributed by atoms with van der Waals surface area (Å²) in [7, 11) is -2.17. The molecule has 0 aromatic heterocycles. The van der Waals surface area contributed by atoms with E-state index in [1.165, 1.54) is 4.31 Å². The lowest BCUT2D eigenvalue weighted by molar-refractivity contribution is -0.116. The van der Waals surface area contributed by atoms with Gasteiger partial charge in [0.05, 0.1) is 16.3 Å². The number of para-hydroxylation sites is 1. The van der Waals surface area contributed by atoms with Crippen molar-refractivity contribution in [2.75, 3.05) is 16.7 Å². The summed E-state index contributed by atoms with van der Waals surface area (Å²) in [4.78, 5) is 13.0. The second kappa shape index (κ2) is 7.32. The number of anilines is 2. The maximum Gasteiger partial charge on any atom is 0.264 e. The molecule has 1 heterocycles. The minimum absolute atomic E-state index is 0.0945. The maximum atomic E-state index is 13.1. The smallest absolute Gasteiger partial charge is 0.264 e. The molecule has 2 aromatic carbocycles. The van der Waals surface area contributed by atoms with Gasteiger partial charge in [0.1, 0.15) is 0 Å². The SMILES string of the molecule is CCc1ccccc1N(C)S(=O)(=O)c1ccc2c(c1)NC(=O)C[C@@H](C)S2. The fraction of sp³-hybridized carbons (Fsp3) is 0.316. The van der Waals surface area contributed by atoms with Crippen LogP contribution in [0, 0.1) is 0 Å². The van der Waals surface area contributed by atoms with E-state index in [4.69, 9.17) is 0 Å². The van der Waals surface area contributed by atoms with Crippen molar-refractivity contribution >= 4 is 39.1 Å². The molecule has 1 amide bonds. The second-order valence-electron chi connectivity index (χ2n) is 6.29. The van der Waals surface area contributed by atoms with Crippen LogP contribution in [-0.4, -0.2) is 26.6 Å². The Morgan fingerprint density at radius 2 is 1.96 bits per heavy atom. The van der Waals surface area contributed by atoms with Crippen LogP contribution in [0.3, 0.4) is 0 Å². The van der Waals surface area contributed by atoms with Gasteiger partial charge in [0.25, 0.3) is 10.0 Å². The molecule has 0 radical (unpaired) electrons. The van der Waals surface area contributed by atoms with Gasteiger partial charge in [-0.25, -0.2) is 8.42 Å². The summed E-state index contributed by atoms with van der Waals surface area (Å²) < 4.78 is 27.6. The molecule has 1 aliphatic rings. The molecule has 5 nitrogen and oxygen atoms in total. The van der Waals surface area contributed by atoms with Gasteiger partial charge < -0.3 is 5.32 Å². The van der Waals surface area contributed by atoms with Crippen molar-refractivity contribution in [2.24, 2.45) is 0 Å². The minimum atomic E-state index is -3.73. The van der Waals surface area contributed by atoms with Crippen molar-refractivity contribution in [1.29, 1.82) is 0 Å². The van der Waals surface area contributed by atoms with E-state index in [9.17, 15) is 13.2 Å². The standard InChI is InChI=1S/C19H22N2O3S2/c1-4-14-7-5-6-8-17(14)21(3)26(23,24)15-9-10-18-16(12-15)20-19(22)11-13(2)25-18/h5-10,12-13H,4,11H2,1-3H3,(H,20,22)/t13-/m1/s1. The molecule has 26 heavy (non-hydrogen) atoms. The Balaban J connectivity index is 2.01. The highest BCUT2D eigenvalue weighted by molar-refractivity contribution is 8.00. The molecule has 0 fully saturated rings. The monoisotopic (exact) mass is 390 g/mol. The van der Waals surface area contributed by atoms with Crippen LogP contribution in [-0.2, 0) is 21.2 Å². The molecule has 0 saturated carbocycles. The van der Waals surface area contributed by atoms with E-state index in [1.54, 1.807) is 43.1 Å². The van der Waals surface area contributed by atoms with Crippen molar-refractivity contribution in [3.8, 4) is 0 Å². The van der Waals surface area contributed by atoms with Crippen LogP contribution in [0.4, 0.5) is 11.4 Å². The first-order chi connectivity index (χ1) is 12.3. The average Bonchev–Trinajstić information content (AvgIpc) is 2.76. The topological polar surface area (TPSA) is 66.5 Å². The van der Waals surface area contributed by atoms with Gasteiger partial charge in [-0.15, -0.1) is 11.8 Å². The number of fused-ring (bicyclic) bond motifs is 1. The molecular weight excluding hydrogens is 368 g/mol. The molecule has 2 aromatic rings. The van der Waals surface area contributed by atoms with Gasteiger partial charge >= 0.3 is 0 Å². The third-order valence-electron chi connectivity index (χ3n) is 4.40. The number of aryl methyl sites for hydroxylation is 1. The van der Waals surface area contributed by atoms with E-state index in [0.29, 0.717) is 17.8 Å². The van der Waals surface area contributed by atoms with Crippen molar-refractivity contribution in [3.05, 3.63) is 48.0 Å². The summed E-state index contributed by atoms with van der Waals surface area (Å²) in [6, 6.07) is 12.4. The lowest BCUT2D eigenvalue weighted by Gasteiger charge is -2.22. The fourth-order valence-electron chi connectivity index (χ4n) is 3.00. The van der Waals surface area contributed by atoms with Crippen molar-refractivity contribution in [2.45, 2.75) is 41.7 Å². The third-order valence-corrected chi connectivity index (χ3v) is 7.34. The fourth-order valence-corrected chi connectivity index (χ4v) is 5.31. The molecule has 3 rings (SSSR count). The lowest BCUT2D eigenvalue weighted by atomic mass is 10.1. The van der Waals surface area contributed by atoms with Crippen LogP contribution in [0.15, 0.2) is 52.3 Å². The molecule has 0 saturated heterocycles. The Labute approximate surface area is 158 Å². The molecule has 1 atom stereocenters. The average molecular weight is 391 g/mol. The molecule has 1 N–H and O–H groups in total. The van der Waals surface area contributed by atoms with E-state index < -0.39 is 10.0 Å². The first-order valence-corrected chi connectivity index (χ1v) is 10.8. The number of thioether (sulfide) groups is 1. The Morgan fingerprint density at radius 1 is 1.23 bits per heavy atom. The zero-order chi connectivity index (χ0) is 18.9. The van der Waals surface area contributed by atoms with Crippen LogP contribution in [0.5, 0.6) is 0 Å². The molecule has 0 spiro atoms. The number of hydrogen-bond donors (Lipinski definition) is 1. The van der Waals surface area contributed by atoms with Crippen LogP contribution < -0.4 is 9.62 Å². The lowest BCUT2D eigenvalue weighted by Crippen LogP contribution is -2.27. The predicted molar refractivity (Wildman–Crippen MR) is 106 cm³/mol. The Bertz CT molecular complexity index is 942. The van der Waals surface area contributed by atoms with Gasteiger partial charge in [-0.05, 0) is 36.2 Å². The number of nitrogens with one attached hydrogen (secondary N) is 1. The van der Waals surface area contributed by atoms with Crippen LogP contribution in [0.1, 0.15) is 25.8 Å². The van der Waals surface area contributed by atoms with E-state index in [0.717, 1.165) is 16.9 Å². The van der Waals surface area contributed by atoms with Crippen molar-refractivity contribution < 1.29 is 13.2 Å². The van der Waals surface area contributed by atoms with Gasteiger partial charge in [-0.2, -0.15) is 0 Å². The Morgan fingerprint density at radius 3 is 2.69 bits per heavy atom. The Kier molecular flexibility index (Phi) is 5.29.